The molecule has 2 heterocycles. The summed E-state index contributed by atoms with van der Waals surface area (Å²) in [5.74, 6) is -2.25. The summed E-state index contributed by atoms with van der Waals surface area (Å²) in [5, 5.41) is 14.5. The fraction of sp³-hybridized carbons (Fsp3) is 0.323. The molecule has 2 aliphatic heterocycles. The molecule has 0 saturated carbocycles. The van der Waals surface area contributed by atoms with Crippen LogP contribution in [0.2, 0.25) is 0 Å². The van der Waals surface area contributed by atoms with Crippen molar-refractivity contribution in [3.8, 4) is 0 Å². The summed E-state index contributed by atoms with van der Waals surface area (Å²) >= 11 is 0. The number of nitrogens with zero attached hydrogens (tertiary/aromatic N) is 3. The Morgan fingerprint density at radius 3 is 2.29 bits per heavy atom. The minimum atomic E-state index is -0.912. The van der Waals surface area contributed by atoms with Crippen molar-refractivity contribution in [3.05, 3.63) is 104 Å². The van der Waals surface area contributed by atoms with E-state index in [2.05, 4.69) is 10.2 Å². The summed E-state index contributed by atoms with van der Waals surface area (Å²) in [7, 11) is 1.24. The Balaban J connectivity index is 1.39. The molecule has 0 aliphatic carbocycles. The predicted molar refractivity (Wildman–Crippen MR) is 156 cm³/mol. The van der Waals surface area contributed by atoms with Crippen molar-refractivity contribution in [2.75, 3.05) is 46.4 Å². The average molecular weight is 575 g/mol. The van der Waals surface area contributed by atoms with Crippen LogP contribution in [0.1, 0.15) is 30.9 Å². The van der Waals surface area contributed by atoms with Crippen molar-refractivity contribution < 1.29 is 28.8 Å². The molecule has 0 radical (unpaired) electrons. The van der Waals surface area contributed by atoms with Crippen LogP contribution in [0, 0.1) is 10.1 Å². The number of esters is 2. The highest BCUT2D eigenvalue weighted by atomic mass is 16.6. The number of ether oxygens (including phenoxy) is 2. The largest absolute Gasteiger partial charge is 0.466 e. The van der Waals surface area contributed by atoms with E-state index < -0.39 is 22.8 Å². The van der Waals surface area contributed by atoms with Gasteiger partial charge < -0.3 is 19.7 Å². The highest BCUT2D eigenvalue weighted by molar-refractivity contribution is 6.00. The van der Waals surface area contributed by atoms with Crippen LogP contribution in [0.4, 0.5) is 5.69 Å². The number of allylic oxidation sites excluding steroid dienone is 2. The van der Waals surface area contributed by atoms with Crippen molar-refractivity contribution in [2.45, 2.75) is 19.8 Å². The van der Waals surface area contributed by atoms with Crippen molar-refractivity contribution >= 4 is 29.6 Å². The zero-order valence-electron chi connectivity index (χ0n) is 23.9. The molecule has 42 heavy (non-hydrogen) atoms. The minimum absolute atomic E-state index is 0.0471. The van der Waals surface area contributed by atoms with E-state index in [1.165, 1.54) is 25.3 Å². The van der Waals surface area contributed by atoms with Gasteiger partial charge in [-0.2, -0.15) is 0 Å². The minimum Gasteiger partial charge on any atom is -0.466 e. The van der Waals surface area contributed by atoms with Gasteiger partial charge in [0, 0.05) is 62.3 Å². The lowest BCUT2D eigenvalue weighted by atomic mass is 9.80. The number of hydrogen-bond donors (Lipinski definition) is 1. The van der Waals surface area contributed by atoms with Gasteiger partial charge in [-0.1, -0.05) is 42.5 Å². The van der Waals surface area contributed by atoms with E-state index in [0.717, 1.165) is 5.56 Å². The Hall–Kier alpha value is -4.77. The van der Waals surface area contributed by atoms with E-state index >= 15 is 0 Å². The number of dihydropyridines is 1. The van der Waals surface area contributed by atoms with Crippen LogP contribution >= 0.6 is 0 Å². The summed E-state index contributed by atoms with van der Waals surface area (Å²) in [4.78, 5) is 53.6. The van der Waals surface area contributed by atoms with Crippen LogP contribution in [0.15, 0.2) is 83.2 Å². The molecular weight excluding hydrogens is 540 g/mol. The summed E-state index contributed by atoms with van der Waals surface area (Å²) in [6.45, 7) is 6.32. The molecular formula is C31H34N4O7. The van der Waals surface area contributed by atoms with Crippen molar-refractivity contribution in [3.63, 3.8) is 0 Å². The van der Waals surface area contributed by atoms with Gasteiger partial charge in [-0.3, -0.25) is 19.8 Å². The third-order valence-electron chi connectivity index (χ3n) is 7.34. The maximum atomic E-state index is 13.4. The topological polar surface area (TPSA) is 131 Å². The molecule has 1 saturated heterocycles. The van der Waals surface area contributed by atoms with E-state index in [9.17, 15) is 24.5 Å². The zero-order chi connectivity index (χ0) is 30.2. The zero-order valence-corrected chi connectivity index (χ0v) is 23.9. The third kappa shape index (κ3) is 7.10. The number of non-ortho nitro benzene ring substituents is 1. The molecule has 1 amide bonds. The quantitative estimate of drug-likeness (QED) is 0.207. The van der Waals surface area contributed by atoms with Gasteiger partial charge in [0.05, 0.1) is 29.1 Å². The van der Waals surface area contributed by atoms with Crippen LogP contribution in [0.5, 0.6) is 0 Å². The number of methoxy groups -OCH3 is 1. The Morgan fingerprint density at radius 2 is 1.64 bits per heavy atom. The van der Waals surface area contributed by atoms with Crippen LogP contribution in [0.25, 0.3) is 6.08 Å². The molecule has 1 fully saturated rings. The van der Waals surface area contributed by atoms with E-state index in [0.29, 0.717) is 49.7 Å². The number of carbonyl (C=O) groups is 3. The second-order valence-corrected chi connectivity index (χ2v) is 10.0. The summed E-state index contributed by atoms with van der Waals surface area (Å²) in [6, 6.07) is 15.5. The second-order valence-electron chi connectivity index (χ2n) is 10.0. The Morgan fingerprint density at radius 1 is 0.976 bits per heavy atom. The summed E-state index contributed by atoms with van der Waals surface area (Å²) in [6.07, 6.45) is 3.38. The van der Waals surface area contributed by atoms with Gasteiger partial charge in [0.1, 0.15) is 6.61 Å². The van der Waals surface area contributed by atoms with Crippen LogP contribution < -0.4 is 5.32 Å². The molecule has 0 bridgehead atoms. The molecule has 1 atom stereocenters. The van der Waals surface area contributed by atoms with E-state index in [1.807, 2.05) is 30.3 Å². The molecule has 2 aliphatic rings. The number of hydrogen-bond acceptors (Lipinski definition) is 9. The van der Waals surface area contributed by atoms with Crippen LogP contribution in [0.3, 0.4) is 0 Å². The number of piperazine rings is 1. The molecule has 1 N–H and O–H groups in total. The van der Waals surface area contributed by atoms with Gasteiger partial charge in [0.15, 0.2) is 0 Å². The first kappa shape index (κ1) is 30.2. The fourth-order valence-electron chi connectivity index (χ4n) is 5.17. The molecule has 2 aromatic rings. The lowest BCUT2D eigenvalue weighted by Gasteiger charge is -2.34. The standard InChI is InChI=1S/C31H34N4O7/c1-21-27(30(37)41-3)29(24-10-7-11-25(20-24)35(39)40)28(22(2)32-21)31(38)42-19-18-33-14-16-34(17-15-33)26(36)13-12-23-8-5-4-6-9-23/h4-13,20,29,32H,14-19H2,1-3H3/b13-12+. The first-order valence-corrected chi connectivity index (χ1v) is 13.6. The molecule has 0 aromatic heterocycles. The highest BCUT2D eigenvalue weighted by Crippen LogP contribution is 2.40. The Labute approximate surface area is 244 Å². The van der Waals surface area contributed by atoms with E-state index in [4.69, 9.17) is 9.47 Å². The van der Waals surface area contributed by atoms with Gasteiger partial charge in [-0.05, 0) is 31.1 Å². The monoisotopic (exact) mass is 574 g/mol. The normalized spacial score (nSPS) is 17.7. The third-order valence-corrected chi connectivity index (χ3v) is 7.34. The van der Waals surface area contributed by atoms with Gasteiger partial charge in [0.2, 0.25) is 5.91 Å². The highest BCUT2D eigenvalue weighted by Gasteiger charge is 2.38. The molecule has 11 heteroatoms. The van der Waals surface area contributed by atoms with Gasteiger partial charge in [-0.25, -0.2) is 9.59 Å². The molecule has 0 spiro atoms. The maximum absolute atomic E-state index is 13.4. The number of rotatable bonds is 9. The van der Waals surface area contributed by atoms with Crippen LogP contribution in [-0.2, 0) is 23.9 Å². The first-order chi connectivity index (χ1) is 20.2. The number of nitro groups is 1. The number of amides is 1. The molecule has 220 valence electrons. The van der Waals surface area contributed by atoms with Crippen LogP contribution in [-0.4, -0.2) is 79.0 Å². The van der Waals surface area contributed by atoms with Gasteiger partial charge in [-0.15, -0.1) is 0 Å². The molecule has 11 nitrogen and oxygen atoms in total. The average Bonchev–Trinajstić information content (AvgIpc) is 3.00. The maximum Gasteiger partial charge on any atom is 0.336 e. The molecule has 1 unspecified atom stereocenters. The summed E-state index contributed by atoms with van der Waals surface area (Å²) in [5.41, 5.74) is 2.53. The predicted octanol–water partition coefficient (Wildman–Crippen LogP) is 3.40. The smallest absolute Gasteiger partial charge is 0.336 e. The first-order valence-electron chi connectivity index (χ1n) is 13.6. The van der Waals surface area contributed by atoms with Crippen molar-refractivity contribution in [1.29, 1.82) is 0 Å². The molecule has 2 aromatic carbocycles. The number of nitrogens with one attached hydrogen (secondary N) is 1. The van der Waals surface area contributed by atoms with E-state index in [-0.39, 0.29) is 29.3 Å². The van der Waals surface area contributed by atoms with Gasteiger partial charge in [0.25, 0.3) is 5.69 Å². The Kier molecular flexibility index (Phi) is 9.87. The van der Waals surface area contributed by atoms with Crippen molar-refractivity contribution in [2.24, 2.45) is 0 Å². The van der Waals surface area contributed by atoms with Crippen molar-refractivity contribution in [1.82, 2.24) is 15.1 Å². The van der Waals surface area contributed by atoms with E-state index in [1.54, 1.807) is 37.0 Å². The summed E-state index contributed by atoms with van der Waals surface area (Å²) < 4.78 is 10.7. The fourth-order valence-corrected chi connectivity index (χ4v) is 5.17. The number of benzene rings is 2. The Bertz CT molecular complexity index is 1440. The lowest BCUT2D eigenvalue weighted by molar-refractivity contribution is -0.384. The number of carbonyl (C=O) groups excluding carboxylic acids is 3. The van der Waals surface area contributed by atoms with Gasteiger partial charge >= 0.3 is 11.9 Å². The number of nitro benzene ring substituents is 1. The lowest BCUT2D eigenvalue weighted by Crippen LogP contribution is -2.49. The molecule has 4 rings (SSSR count). The second kappa shape index (κ2) is 13.7. The SMILES string of the molecule is COC(=O)C1=C(C)NC(C)=C(C(=O)OCCN2CCN(C(=O)/C=C/c3ccccc3)CC2)C1c1cccc([N+](=O)[O-])c1.